The normalized spacial score (nSPS) is 13.3. The minimum absolute atomic E-state index is 0.0805. The highest BCUT2D eigenvalue weighted by molar-refractivity contribution is 6.18. The summed E-state index contributed by atoms with van der Waals surface area (Å²) in [5, 5.41) is 0. The monoisotopic (exact) mass is 214 g/mol. The van der Waals surface area contributed by atoms with Crippen molar-refractivity contribution in [1.29, 1.82) is 0 Å². The Morgan fingerprint density at radius 2 is 2.07 bits per heavy atom. The highest BCUT2D eigenvalue weighted by atomic mass is 35.5. The van der Waals surface area contributed by atoms with Crippen LogP contribution in [0.5, 0.6) is 0 Å². The molecule has 2 heteroatoms. The van der Waals surface area contributed by atoms with Crippen molar-refractivity contribution < 1.29 is 4.74 Å². The summed E-state index contributed by atoms with van der Waals surface area (Å²) in [6.45, 7) is 9.73. The van der Waals surface area contributed by atoms with Gasteiger partial charge in [0.2, 0.25) is 0 Å². The molecule has 0 N–H and O–H groups in total. The third kappa shape index (κ3) is 6.79. The van der Waals surface area contributed by atoms with Gasteiger partial charge in [-0.15, -0.1) is 11.6 Å². The molecule has 1 unspecified atom stereocenters. The van der Waals surface area contributed by atoms with Crippen molar-refractivity contribution in [3.63, 3.8) is 0 Å². The van der Waals surface area contributed by atoms with Gasteiger partial charge in [-0.3, -0.25) is 0 Å². The molecule has 0 aromatic carbocycles. The molecule has 0 fully saturated rings. The van der Waals surface area contributed by atoms with Gasteiger partial charge in [0.15, 0.2) is 0 Å². The van der Waals surface area contributed by atoms with Crippen LogP contribution < -0.4 is 0 Å². The fraction of sp³-hybridized carbons (Fsp3) is 0.500. The smallest absolute Gasteiger partial charge is 0.120 e. The highest BCUT2D eigenvalue weighted by Gasteiger charge is 2.04. The molecule has 0 bridgehead atoms. The van der Waals surface area contributed by atoms with Crippen LogP contribution in [0, 0.1) is 0 Å². The van der Waals surface area contributed by atoms with E-state index in [0.717, 1.165) is 6.42 Å². The Morgan fingerprint density at radius 3 is 2.50 bits per heavy atom. The average molecular weight is 215 g/mol. The Morgan fingerprint density at radius 1 is 1.43 bits per heavy atom. The van der Waals surface area contributed by atoms with E-state index in [9.17, 15) is 0 Å². The van der Waals surface area contributed by atoms with E-state index in [1.165, 1.54) is 17.4 Å². The van der Waals surface area contributed by atoms with Gasteiger partial charge >= 0.3 is 0 Å². The lowest BCUT2D eigenvalue weighted by molar-refractivity contribution is 0.187. The molecule has 0 amide bonds. The molecular weight excluding hydrogens is 196 g/mol. The molecule has 0 heterocycles. The van der Waals surface area contributed by atoms with Gasteiger partial charge in [0.25, 0.3) is 0 Å². The lowest BCUT2D eigenvalue weighted by Gasteiger charge is -2.13. The second-order valence-corrected chi connectivity index (χ2v) is 3.80. The fourth-order valence-corrected chi connectivity index (χ4v) is 1.44. The summed E-state index contributed by atoms with van der Waals surface area (Å²) in [5.41, 5.74) is 2.49. The summed E-state index contributed by atoms with van der Waals surface area (Å²) >= 11 is 5.61. The molecule has 1 atom stereocenters. The molecule has 0 saturated carbocycles. The number of alkyl halides is 1. The van der Waals surface area contributed by atoms with E-state index < -0.39 is 0 Å². The van der Waals surface area contributed by atoms with E-state index in [1.54, 1.807) is 0 Å². The second kappa shape index (κ2) is 7.69. The lowest BCUT2D eigenvalue weighted by atomic mass is 10.1. The zero-order valence-electron chi connectivity index (χ0n) is 9.22. The average Bonchev–Trinajstić information content (AvgIpc) is 2.03. The van der Waals surface area contributed by atoms with E-state index in [0.29, 0.717) is 5.88 Å². The zero-order valence-corrected chi connectivity index (χ0v) is 9.97. The van der Waals surface area contributed by atoms with E-state index in [1.807, 2.05) is 6.08 Å². The van der Waals surface area contributed by atoms with Crippen molar-refractivity contribution in [2.24, 2.45) is 0 Å². The quantitative estimate of drug-likeness (QED) is 0.368. The van der Waals surface area contributed by atoms with Crippen LogP contribution in [0.25, 0.3) is 0 Å². The Balaban J connectivity index is 4.29. The lowest BCUT2D eigenvalue weighted by Crippen LogP contribution is -2.07. The van der Waals surface area contributed by atoms with Crippen molar-refractivity contribution in [1.82, 2.24) is 0 Å². The van der Waals surface area contributed by atoms with Gasteiger partial charge in [-0.1, -0.05) is 23.8 Å². The maximum Gasteiger partial charge on any atom is 0.120 e. The van der Waals surface area contributed by atoms with Crippen molar-refractivity contribution in [2.45, 2.75) is 33.3 Å². The van der Waals surface area contributed by atoms with Crippen molar-refractivity contribution in [2.75, 3.05) is 5.88 Å². The molecule has 0 spiro atoms. The van der Waals surface area contributed by atoms with Gasteiger partial charge in [-0.05, 0) is 26.8 Å². The van der Waals surface area contributed by atoms with E-state index in [2.05, 4.69) is 33.4 Å². The molecule has 0 aliphatic rings. The van der Waals surface area contributed by atoms with Crippen LogP contribution in [0.1, 0.15) is 27.2 Å². The summed E-state index contributed by atoms with van der Waals surface area (Å²) in [4.78, 5) is 0. The van der Waals surface area contributed by atoms with Crippen LogP contribution in [0.4, 0.5) is 0 Å². The molecule has 80 valence electrons. The molecule has 0 saturated heterocycles. The summed E-state index contributed by atoms with van der Waals surface area (Å²) in [6.07, 6.45) is 6.52. The first kappa shape index (κ1) is 13.3. The van der Waals surface area contributed by atoms with Gasteiger partial charge < -0.3 is 4.74 Å². The number of rotatable bonds is 6. The molecule has 0 aliphatic heterocycles. The third-order valence-electron chi connectivity index (χ3n) is 1.74. The van der Waals surface area contributed by atoms with E-state index >= 15 is 0 Å². The van der Waals surface area contributed by atoms with E-state index in [-0.39, 0.29) is 6.10 Å². The third-order valence-corrected chi connectivity index (χ3v) is 1.89. The van der Waals surface area contributed by atoms with Gasteiger partial charge in [-0.25, -0.2) is 0 Å². The van der Waals surface area contributed by atoms with Crippen molar-refractivity contribution >= 4 is 11.6 Å². The molecule has 0 aromatic heterocycles. The Hall–Kier alpha value is -0.690. The topological polar surface area (TPSA) is 9.23 Å². The number of hydrogen-bond acceptors (Lipinski definition) is 1. The second-order valence-electron chi connectivity index (χ2n) is 3.49. The Kier molecular flexibility index (Phi) is 7.31. The maximum atomic E-state index is 5.61. The summed E-state index contributed by atoms with van der Waals surface area (Å²) in [5.74, 6) is 0.557. The maximum absolute atomic E-state index is 5.61. The molecule has 1 nitrogen and oxygen atoms in total. The summed E-state index contributed by atoms with van der Waals surface area (Å²) in [7, 11) is 0. The molecule has 0 rings (SSSR count). The summed E-state index contributed by atoms with van der Waals surface area (Å²) in [6, 6.07) is 0. The predicted molar refractivity (Wildman–Crippen MR) is 63.6 cm³/mol. The minimum Gasteiger partial charge on any atom is -0.494 e. The fourth-order valence-electron chi connectivity index (χ4n) is 1.17. The number of hydrogen-bond donors (Lipinski definition) is 0. The van der Waals surface area contributed by atoms with Crippen molar-refractivity contribution in [3.8, 4) is 0 Å². The van der Waals surface area contributed by atoms with Crippen LogP contribution in [-0.2, 0) is 4.74 Å². The standard InChI is InChI=1S/C12H19ClO/c1-5-14-12(8-10(2)3)9-11(4)6-7-13/h5-6,8,12H,1,7,9H2,2-4H3. The molecule has 0 radical (unpaired) electrons. The van der Waals surface area contributed by atoms with Crippen LogP contribution in [0.2, 0.25) is 0 Å². The SMILES string of the molecule is C=COC(C=C(C)C)CC(C)=CCCl. The molecular formula is C12H19ClO. The van der Waals surface area contributed by atoms with Crippen molar-refractivity contribution in [3.05, 3.63) is 36.1 Å². The largest absolute Gasteiger partial charge is 0.494 e. The number of ether oxygens (including phenoxy) is 1. The molecule has 14 heavy (non-hydrogen) atoms. The van der Waals surface area contributed by atoms with Crippen LogP contribution in [0.15, 0.2) is 36.1 Å². The van der Waals surface area contributed by atoms with Crippen LogP contribution in [0.3, 0.4) is 0 Å². The highest BCUT2D eigenvalue weighted by Crippen LogP contribution is 2.11. The van der Waals surface area contributed by atoms with Gasteiger partial charge in [0.05, 0.1) is 6.26 Å². The Bertz CT molecular complexity index is 224. The minimum atomic E-state index is 0.0805. The number of allylic oxidation sites excluding steroid dienone is 2. The first-order valence-corrected chi connectivity index (χ1v) is 5.26. The summed E-state index contributed by atoms with van der Waals surface area (Å²) < 4.78 is 5.37. The molecule has 0 aliphatic carbocycles. The van der Waals surface area contributed by atoms with Crippen LogP contribution >= 0.6 is 11.6 Å². The van der Waals surface area contributed by atoms with Gasteiger partial charge in [-0.2, -0.15) is 0 Å². The van der Waals surface area contributed by atoms with Crippen LogP contribution in [-0.4, -0.2) is 12.0 Å². The van der Waals surface area contributed by atoms with E-state index in [4.69, 9.17) is 16.3 Å². The zero-order chi connectivity index (χ0) is 11.0. The first-order chi connectivity index (χ1) is 6.60. The first-order valence-electron chi connectivity index (χ1n) is 4.73. The predicted octanol–water partition coefficient (Wildman–Crippen LogP) is 4.06. The Labute approximate surface area is 92.1 Å². The number of halogens is 1. The van der Waals surface area contributed by atoms with Gasteiger partial charge in [0, 0.05) is 12.3 Å². The van der Waals surface area contributed by atoms with Gasteiger partial charge in [0.1, 0.15) is 6.10 Å². The molecule has 0 aromatic rings.